The molecule has 0 aliphatic heterocycles. The molecule has 3 rings (SSSR count). The van der Waals surface area contributed by atoms with Crippen LogP contribution in [0.2, 0.25) is 0 Å². The number of hydrogen-bond acceptors (Lipinski definition) is 5. The molecule has 1 heterocycles. The normalized spacial score (nSPS) is 12.0. The Balaban J connectivity index is 1.60. The van der Waals surface area contributed by atoms with Crippen LogP contribution in [0.3, 0.4) is 0 Å². The van der Waals surface area contributed by atoms with Crippen molar-refractivity contribution in [2.75, 3.05) is 7.05 Å². The summed E-state index contributed by atoms with van der Waals surface area (Å²) >= 11 is 1.54. The molecule has 0 bridgehead atoms. The Bertz CT molecular complexity index is 904. The molecule has 0 saturated carbocycles. The Labute approximate surface area is 163 Å². The van der Waals surface area contributed by atoms with Crippen LogP contribution in [-0.2, 0) is 11.3 Å². The van der Waals surface area contributed by atoms with Crippen molar-refractivity contribution in [3.05, 3.63) is 65.5 Å². The quantitative estimate of drug-likeness (QED) is 0.589. The van der Waals surface area contributed by atoms with Gasteiger partial charge in [-0.2, -0.15) is 0 Å². The first kappa shape index (κ1) is 19.2. The molecule has 140 valence electrons. The fraction of sp³-hybridized carbons (Fsp3) is 0.286. The van der Waals surface area contributed by atoms with E-state index >= 15 is 0 Å². The average molecular weight is 382 g/mol. The van der Waals surface area contributed by atoms with Crippen molar-refractivity contribution in [2.24, 2.45) is 0 Å². The van der Waals surface area contributed by atoms with Gasteiger partial charge in [0.2, 0.25) is 17.7 Å². The molecular weight excluding hydrogens is 358 g/mol. The molecule has 6 heteroatoms. The lowest BCUT2D eigenvalue weighted by Gasteiger charge is -2.19. The van der Waals surface area contributed by atoms with E-state index in [4.69, 9.17) is 4.42 Å². The van der Waals surface area contributed by atoms with Crippen LogP contribution in [0.5, 0.6) is 0 Å². The molecule has 0 aliphatic carbocycles. The fourth-order valence-corrected chi connectivity index (χ4v) is 3.58. The molecule has 0 saturated heterocycles. The van der Waals surface area contributed by atoms with Crippen molar-refractivity contribution < 1.29 is 9.21 Å². The SMILES string of the molecule is Cc1ccc(S[C@@H](C)C(=O)N(C)Cc2nnc(-c3ccc(C)cc3)o2)cc1. The van der Waals surface area contributed by atoms with Crippen LogP contribution < -0.4 is 0 Å². The van der Waals surface area contributed by atoms with E-state index in [0.717, 1.165) is 10.5 Å². The topological polar surface area (TPSA) is 59.2 Å². The molecule has 0 unspecified atom stereocenters. The molecule has 2 aromatic carbocycles. The standard InChI is InChI=1S/C21H23N3O2S/c1-14-5-9-17(10-6-14)20-23-22-19(26-20)13-24(4)21(25)16(3)27-18-11-7-15(2)8-12-18/h5-12,16H,13H2,1-4H3/t16-/m0/s1. The van der Waals surface area contributed by atoms with Gasteiger partial charge >= 0.3 is 0 Å². The van der Waals surface area contributed by atoms with Gasteiger partial charge in [0.25, 0.3) is 0 Å². The van der Waals surface area contributed by atoms with Crippen molar-refractivity contribution >= 4 is 17.7 Å². The second-order valence-corrected chi connectivity index (χ2v) is 8.05. The summed E-state index contributed by atoms with van der Waals surface area (Å²) in [5, 5.41) is 7.97. The molecule has 1 aromatic heterocycles. The second-order valence-electron chi connectivity index (χ2n) is 6.63. The van der Waals surface area contributed by atoms with Crippen molar-refractivity contribution in [1.82, 2.24) is 15.1 Å². The molecule has 0 spiro atoms. The summed E-state index contributed by atoms with van der Waals surface area (Å²) in [7, 11) is 1.75. The summed E-state index contributed by atoms with van der Waals surface area (Å²) < 4.78 is 5.72. The van der Waals surface area contributed by atoms with Crippen LogP contribution in [0, 0.1) is 13.8 Å². The summed E-state index contributed by atoms with van der Waals surface area (Å²) in [6.45, 7) is 6.27. The summed E-state index contributed by atoms with van der Waals surface area (Å²) in [6, 6.07) is 16.1. The third kappa shape index (κ3) is 4.98. The minimum Gasteiger partial charge on any atom is -0.419 e. The Morgan fingerprint density at radius 3 is 2.26 bits per heavy atom. The van der Waals surface area contributed by atoms with E-state index in [2.05, 4.69) is 10.2 Å². The van der Waals surface area contributed by atoms with Crippen LogP contribution in [-0.4, -0.2) is 33.3 Å². The molecule has 0 N–H and O–H groups in total. The van der Waals surface area contributed by atoms with Crippen LogP contribution >= 0.6 is 11.8 Å². The first-order valence-corrected chi connectivity index (χ1v) is 9.68. The number of nitrogens with zero attached hydrogens (tertiary/aromatic N) is 3. The number of benzene rings is 2. The molecule has 0 fully saturated rings. The number of aromatic nitrogens is 2. The summed E-state index contributed by atoms with van der Waals surface area (Å²) in [4.78, 5) is 15.3. The minimum absolute atomic E-state index is 0.0238. The number of rotatable bonds is 6. The molecule has 0 radical (unpaired) electrons. The minimum atomic E-state index is -0.197. The van der Waals surface area contributed by atoms with Crippen LogP contribution in [0.15, 0.2) is 57.8 Å². The van der Waals surface area contributed by atoms with Gasteiger partial charge in [0.1, 0.15) is 0 Å². The van der Waals surface area contributed by atoms with Gasteiger partial charge in [-0.1, -0.05) is 35.4 Å². The van der Waals surface area contributed by atoms with Gasteiger partial charge in [0, 0.05) is 17.5 Å². The second kappa shape index (κ2) is 8.39. The highest BCUT2D eigenvalue weighted by Crippen LogP contribution is 2.25. The van der Waals surface area contributed by atoms with Crippen LogP contribution in [0.25, 0.3) is 11.5 Å². The van der Waals surface area contributed by atoms with Crippen LogP contribution in [0.4, 0.5) is 0 Å². The first-order valence-electron chi connectivity index (χ1n) is 8.80. The molecule has 0 aliphatic rings. The first-order chi connectivity index (χ1) is 12.9. The van der Waals surface area contributed by atoms with Gasteiger partial charge in [-0.15, -0.1) is 22.0 Å². The summed E-state index contributed by atoms with van der Waals surface area (Å²) in [5.41, 5.74) is 3.25. The highest BCUT2D eigenvalue weighted by atomic mass is 32.2. The molecule has 1 amide bonds. The lowest BCUT2D eigenvalue weighted by Crippen LogP contribution is -2.32. The van der Waals surface area contributed by atoms with Gasteiger partial charge in [-0.25, -0.2) is 0 Å². The van der Waals surface area contributed by atoms with Gasteiger partial charge < -0.3 is 9.32 Å². The number of carbonyl (C=O) groups is 1. The number of aryl methyl sites for hydroxylation is 2. The molecule has 3 aromatic rings. The Morgan fingerprint density at radius 1 is 1.04 bits per heavy atom. The lowest BCUT2D eigenvalue weighted by atomic mass is 10.1. The number of carbonyl (C=O) groups excluding carboxylic acids is 1. The van der Waals surface area contributed by atoms with E-state index < -0.39 is 0 Å². The maximum Gasteiger partial charge on any atom is 0.247 e. The van der Waals surface area contributed by atoms with Gasteiger partial charge in [0.05, 0.1) is 11.8 Å². The fourth-order valence-electron chi connectivity index (χ4n) is 2.59. The maximum atomic E-state index is 12.6. The maximum absolute atomic E-state index is 12.6. The zero-order valence-corrected chi connectivity index (χ0v) is 16.8. The molecular formula is C21H23N3O2S. The average Bonchev–Trinajstić information content (AvgIpc) is 3.12. The molecule has 5 nitrogen and oxygen atoms in total. The summed E-state index contributed by atoms with van der Waals surface area (Å²) in [6.07, 6.45) is 0. The van der Waals surface area contributed by atoms with E-state index in [1.165, 1.54) is 11.1 Å². The highest BCUT2D eigenvalue weighted by molar-refractivity contribution is 8.00. The smallest absolute Gasteiger partial charge is 0.247 e. The largest absolute Gasteiger partial charge is 0.419 e. The van der Waals surface area contributed by atoms with Gasteiger partial charge in [0.15, 0.2) is 0 Å². The third-order valence-electron chi connectivity index (χ3n) is 4.20. The van der Waals surface area contributed by atoms with Crippen LogP contribution in [0.1, 0.15) is 23.9 Å². The van der Waals surface area contributed by atoms with E-state index in [-0.39, 0.29) is 17.7 Å². The van der Waals surface area contributed by atoms with E-state index in [1.54, 1.807) is 23.7 Å². The zero-order chi connectivity index (χ0) is 19.4. The molecule has 27 heavy (non-hydrogen) atoms. The van der Waals surface area contributed by atoms with E-state index in [1.807, 2.05) is 69.3 Å². The zero-order valence-electron chi connectivity index (χ0n) is 16.0. The van der Waals surface area contributed by atoms with Crippen molar-refractivity contribution in [1.29, 1.82) is 0 Å². The Morgan fingerprint density at radius 2 is 1.63 bits per heavy atom. The third-order valence-corrected chi connectivity index (χ3v) is 5.30. The van der Waals surface area contributed by atoms with E-state index in [0.29, 0.717) is 11.8 Å². The monoisotopic (exact) mass is 381 g/mol. The Kier molecular flexibility index (Phi) is 5.96. The van der Waals surface area contributed by atoms with Gasteiger partial charge in [-0.3, -0.25) is 4.79 Å². The summed E-state index contributed by atoms with van der Waals surface area (Å²) in [5.74, 6) is 0.914. The van der Waals surface area contributed by atoms with Gasteiger partial charge in [-0.05, 0) is 45.0 Å². The number of hydrogen-bond donors (Lipinski definition) is 0. The van der Waals surface area contributed by atoms with Crippen molar-refractivity contribution in [3.63, 3.8) is 0 Å². The number of thioether (sulfide) groups is 1. The lowest BCUT2D eigenvalue weighted by molar-refractivity contribution is -0.129. The van der Waals surface area contributed by atoms with Crippen molar-refractivity contribution in [2.45, 2.75) is 37.5 Å². The van der Waals surface area contributed by atoms with Crippen molar-refractivity contribution in [3.8, 4) is 11.5 Å². The predicted molar refractivity (Wildman–Crippen MR) is 107 cm³/mol. The Hall–Kier alpha value is -2.60. The molecule has 1 atom stereocenters. The number of amides is 1. The van der Waals surface area contributed by atoms with E-state index in [9.17, 15) is 4.79 Å². The highest BCUT2D eigenvalue weighted by Gasteiger charge is 2.21. The predicted octanol–water partition coefficient (Wildman–Crippen LogP) is 4.49.